The fraction of sp³-hybridized carbons (Fsp3) is 0.480. The molecule has 0 radical (unpaired) electrons. The van der Waals surface area contributed by atoms with E-state index < -0.39 is 0 Å². The van der Waals surface area contributed by atoms with Crippen LogP contribution in [0.15, 0.2) is 53.5 Å². The molecule has 0 amide bonds. The van der Waals surface area contributed by atoms with E-state index in [1.165, 1.54) is 11.1 Å². The highest BCUT2D eigenvalue weighted by atomic mass is 16.5. The number of rotatable bonds is 9. The molecule has 0 saturated carbocycles. The summed E-state index contributed by atoms with van der Waals surface area (Å²) in [6.45, 7) is 7.72. The fourth-order valence-electron chi connectivity index (χ4n) is 3.66. The lowest BCUT2D eigenvalue weighted by Crippen LogP contribution is -2.41. The maximum Gasteiger partial charge on any atom is 0.191 e. The number of hydrogen-bond donors (Lipinski definition) is 2. The van der Waals surface area contributed by atoms with Crippen LogP contribution < -0.4 is 15.4 Å². The third kappa shape index (κ3) is 6.97. The monoisotopic (exact) mass is 424 g/mol. The number of aliphatic imine (C=N–C) groups is 1. The molecule has 6 heteroatoms. The van der Waals surface area contributed by atoms with Crippen LogP contribution in [0.3, 0.4) is 0 Å². The first-order valence-corrected chi connectivity index (χ1v) is 11.1. The van der Waals surface area contributed by atoms with Crippen molar-refractivity contribution in [3.05, 3.63) is 65.2 Å². The summed E-state index contributed by atoms with van der Waals surface area (Å²) in [5.41, 5.74) is 3.55. The van der Waals surface area contributed by atoms with Gasteiger partial charge in [0.15, 0.2) is 5.96 Å². The van der Waals surface area contributed by atoms with Gasteiger partial charge in [-0.15, -0.1) is 0 Å². The van der Waals surface area contributed by atoms with E-state index in [4.69, 9.17) is 14.5 Å². The van der Waals surface area contributed by atoms with E-state index in [-0.39, 0.29) is 12.1 Å². The molecular weight excluding hydrogens is 388 g/mol. The number of nitrogens with zero attached hydrogens (tertiary/aromatic N) is 2. The minimum absolute atomic E-state index is 0.127. The Morgan fingerprint density at radius 1 is 1.19 bits per heavy atom. The van der Waals surface area contributed by atoms with Crippen molar-refractivity contribution in [1.29, 1.82) is 0 Å². The predicted molar refractivity (Wildman–Crippen MR) is 127 cm³/mol. The minimum atomic E-state index is 0.127. The normalized spacial score (nSPS) is 17.6. The predicted octanol–water partition coefficient (Wildman–Crippen LogP) is 3.52. The van der Waals surface area contributed by atoms with Gasteiger partial charge in [0.2, 0.25) is 0 Å². The molecule has 1 aliphatic rings. The smallest absolute Gasteiger partial charge is 0.191 e. The Labute approximate surface area is 186 Å². The van der Waals surface area contributed by atoms with Gasteiger partial charge in [0.25, 0.3) is 0 Å². The summed E-state index contributed by atoms with van der Waals surface area (Å²) in [6.07, 6.45) is 1.06. The zero-order valence-corrected chi connectivity index (χ0v) is 19.2. The number of aryl methyl sites for hydroxylation is 1. The molecule has 0 aliphatic carbocycles. The van der Waals surface area contributed by atoms with Crippen molar-refractivity contribution >= 4 is 5.96 Å². The maximum atomic E-state index is 6.23. The summed E-state index contributed by atoms with van der Waals surface area (Å²) in [5, 5.41) is 6.87. The highest BCUT2D eigenvalue weighted by Gasteiger charge is 2.19. The Kier molecular flexibility index (Phi) is 8.74. The Balaban J connectivity index is 1.69. The summed E-state index contributed by atoms with van der Waals surface area (Å²) in [6, 6.07) is 17.1. The molecule has 2 atom stereocenters. The molecule has 2 aromatic rings. The van der Waals surface area contributed by atoms with Crippen LogP contribution in [0.5, 0.6) is 5.75 Å². The van der Waals surface area contributed by atoms with Gasteiger partial charge in [-0.2, -0.15) is 0 Å². The van der Waals surface area contributed by atoms with Gasteiger partial charge in [0, 0.05) is 25.1 Å². The number of likely N-dealkylation sites (N-methyl/N-ethyl adjacent to an activating group) is 1. The van der Waals surface area contributed by atoms with Crippen molar-refractivity contribution in [3.63, 3.8) is 0 Å². The summed E-state index contributed by atoms with van der Waals surface area (Å²) >= 11 is 0. The van der Waals surface area contributed by atoms with Crippen LogP contribution in [0.2, 0.25) is 0 Å². The van der Waals surface area contributed by atoms with Crippen LogP contribution in [0.1, 0.15) is 36.1 Å². The largest absolute Gasteiger partial charge is 0.488 e. The Hall–Kier alpha value is -2.57. The molecule has 2 aromatic carbocycles. The lowest BCUT2D eigenvalue weighted by Gasteiger charge is -2.26. The molecule has 168 valence electrons. The molecule has 2 unspecified atom stereocenters. The second-order valence-corrected chi connectivity index (χ2v) is 8.18. The van der Waals surface area contributed by atoms with Gasteiger partial charge in [-0.1, -0.05) is 42.5 Å². The summed E-state index contributed by atoms with van der Waals surface area (Å²) in [7, 11) is 4.21. The van der Waals surface area contributed by atoms with Gasteiger partial charge in [-0.25, -0.2) is 4.99 Å². The van der Waals surface area contributed by atoms with Crippen molar-refractivity contribution < 1.29 is 9.47 Å². The van der Waals surface area contributed by atoms with Gasteiger partial charge in [0.1, 0.15) is 11.9 Å². The van der Waals surface area contributed by atoms with Crippen LogP contribution >= 0.6 is 0 Å². The Morgan fingerprint density at radius 3 is 2.68 bits per heavy atom. The van der Waals surface area contributed by atoms with Crippen LogP contribution in [0.4, 0.5) is 0 Å². The molecule has 31 heavy (non-hydrogen) atoms. The number of guanidine groups is 1. The van der Waals surface area contributed by atoms with Gasteiger partial charge in [0.05, 0.1) is 25.8 Å². The van der Waals surface area contributed by atoms with E-state index in [9.17, 15) is 0 Å². The number of hydrogen-bond acceptors (Lipinski definition) is 4. The Bertz CT molecular complexity index is 833. The quantitative estimate of drug-likeness (QED) is 0.476. The third-order valence-corrected chi connectivity index (χ3v) is 5.43. The van der Waals surface area contributed by atoms with E-state index in [0.29, 0.717) is 13.2 Å². The van der Waals surface area contributed by atoms with Crippen molar-refractivity contribution in [2.24, 2.45) is 4.99 Å². The van der Waals surface area contributed by atoms with Crippen molar-refractivity contribution in [1.82, 2.24) is 15.5 Å². The summed E-state index contributed by atoms with van der Waals surface area (Å²) in [4.78, 5) is 7.06. The van der Waals surface area contributed by atoms with Crippen LogP contribution in [0.25, 0.3) is 0 Å². The van der Waals surface area contributed by atoms with Gasteiger partial charge < -0.3 is 25.0 Å². The molecule has 1 fully saturated rings. The molecule has 0 spiro atoms. The molecule has 0 aromatic heterocycles. The molecule has 1 heterocycles. The van der Waals surface area contributed by atoms with Crippen molar-refractivity contribution in [3.8, 4) is 5.75 Å². The summed E-state index contributed by atoms with van der Waals surface area (Å²) in [5.74, 6) is 1.71. The Morgan fingerprint density at radius 2 is 2.00 bits per heavy atom. The third-order valence-electron chi connectivity index (χ3n) is 5.43. The van der Waals surface area contributed by atoms with E-state index in [1.54, 1.807) is 0 Å². The first kappa shape index (κ1) is 23.1. The number of nitrogens with one attached hydrogen (secondary N) is 2. The zero-order chi connectivity index (χ0) is 22.1. The van der Waals surface area contributed by atoms with Crippen LogP contribution in [0, 0.1) is 6.92 Å². The topological polar surface area (TPSA) is 58.1 Å². The molecule has 1 saturated heterocycles. The average molecular weight is 425 g/mol. The SMILES string of the molecule is CCNC(=NCc1ccc(C)cc1OC1CCOC1)NCC(c1ccccc1)N(C)C. The number of benzene rings is 2. The minimum Gasteiger partial charge on any atom is -0.488 e. The number of ether oxygens (including phenoxy) is 2. The van der Waals surface area contributed by atoms with Gasteiger partial charge in [-0.05, 0) is 45.1 Å². The van der Waals surface area contributed by atoms with E-state index >= 15 is 0 Å². The fourth-order valence-corrected chi connectivity index (χ4v) is 3.66. The molecule has 6 nitrogen and oxygen atoms in total. The zero-order valence-electron chi connectivity index (χ0n) is 19.2. The second kappa shape index (κ2) is 11.7. The van der Waals surface area contributed by atoms with E-state index in [2.05, 4.69) is 85.9 Å². The van der Waals surface area contributed by atoms with Crippen LogP contribution in [-0.2, 0) is 11.3 Å². The second-order valence-electron chi connectivity index (χ2n) is 8.18. The van der Waals surface area contributed by atoms with E-state index in [1.807, 2.05) is 6.07 Å². The highest BCUT2D eigenvalue weighted by Crippen LogP contribution is 2.24. The molecular formula is C25H36N4O2. The maximum absolute atomic E-state index is 6.23. The molecule has 3 rings (SSSR count). The molecule has 2 N–H and O–H groups in total. The highest BCUT2D eigenvalue weighted by molar-refractivity contribution is 5.79. The lowest BCUT2D eigenvalue weighted by molar-refractivity contribution is 0.140. The molecule has 1 aliphatic heterocycles. The van der Waals surface area contributed by atoms with Crippen molar-refractivity contribution in [2.75, 3.05) is 40.4 Å². The van der Waals surface area contributed by atoms with Crippen LogP contribution in [-0.4, -0.2) is 57.4 Å². The molecule has 0 bridgehead atoms. The first-order chi connectivity index (χ1) is 15.1. The average Bonchev–Trinajstić information content (AvgIpc) is 3.27. The summed E-state index contributed by atoms with van der Waals surface area (Å²) < 4.78 is 11.7. The lowest BCUT2D eigenvalue weighted by atomic mass is 10.1. The standard InChI is InChI=1S/C25H36N4O2/c1-5-26-25(28-17-23(29(3)4)20-9-7-6-8-10-20)27-16-21-12-11-19(2)15-24(21)31-22-13-14-30-18-22/h6-12,15,22-23H,5,13-14,16-18H2,1-4H3,(H2,26,27,28). The van der Waals surface area contributed by atoms with E-state index in [0.717, 1.165) is 43.4 Å². The van der Waals surface area contributed by atoms with Gasteiger partial charge >= 0.3 is 0 Å². The van der Waals surface area contributed by atoms with Crippen molar-refractivity contribution in [2.45, 2.75) is 39.0 Å². The van der Waals surface area contributed by atoms with Gasteiger partial charge in [-0.3, -0.25) is 0 Å². The first-order valence-electron chi connectivity index (χ1n) is 11.1.